The molecule has 6 nitrogen and oxygen atoms in total. The third-order valence-corrected chi connectivity index (χ3v) is 6.10. The summed E-state index contributed by atoms with van der Waals surface area (Å²) in [6.07, 6.45) is 0.924. The van der Waals surface area contributed by atoms with Crippen LogP contribution in [-0.4, -0.2) is 40.9 Å². The lowest BCUT2D eigenvalue weighted by molar-refractivity contribution is 0.0694. The highest BCUT2D eigenvalue weighted by Crippen LogP contribution is 2.44. The Balaban J connectivity index is 1.94. The van der Waals surface area contributed by atoms with Crippen LogP contribution in [0, 0.1) is 11.7 Å². The molecule has 4 unspecified atom stereocenters. The first-order valence-corrected chi connectivity index (χ1v) is 9.53. The van der Waals surface area contributed by atoms with Crippen LogP contribution in [0.2, 0.25) is 5.02 Å². The van der Waals surface area contributed by atoms with Crippen LogP contribution < -0.4 is 16.1 Å². The standard InChI is InChI=1S/C19H20ClF2N3O3/c1-8(23)9-2-3-24(6-9)17-13(22)4-10-16(15(17)20)25(14-5-12(14)21)7-11(18(10)26)19(27)28/h4,7-9,12,14H,2-3,5-6,23H2,1H3,(H,27,28). The molecule has 2 heterocycles. The first kappa shape index (κ1) is 19.1. The molecule has 1 aromatic heterocycles. The summed E-state index contributed by atoms with van der Waals surface area (Å²) in [5, 5.41) is 9.15. The molecular weight excluding hydrogens is 392 g/mol. The van der Waals surface area contributed by atoms with Crippen molar-refractivity contribution in [2.24, 2.45) is 11.7 Å². The Morgan fingerprint density at radius 1 is 1.46 bits per heavy atom. The highest BCUT2D eigenvalue weighted by atomic mass is 35.5. The first-order valence-electron chi connectivity index (χ1n) is 9.15. The number of alkyl halides is 1. The number of carboxylic acid groups (broad SMARTS) is 1. The average Bonchev–Trinajstić information content (AvgIpc) is 3.14. The van der Waals surface area contributed by atoms with Crippen molar-refractivity contribution in [2.75, 3.05) is 18.0 Å². The summed E-state index contributed by atoms with van der Waals surface area (Å²) in [5.41, 5.74) is 4.90. The van der Waals surface area contributed by atoms with Crippen molar-refractivity contribution >= 4 is 34.2 Å². The van der Waals surface area contributed by atoms with Crippen molar-refractivity contribution in [1.82, 2.24) is 4.57 Å². The second-order valence-corrected chi connectivity index (χ2v) is 8.05. The Morgan fingerprint density at radius 3 is 2.68 bits per heavy atom. The van der Waals surface area contributed by atoms with E-state index in [-0.39, 0.29) is 40.0 Å². The van der Waals surface area contributed by atoms with E-state index in [1.165, 1.54) is 4.57 Å². The monoisotopic (exact) mass is 411 g/mol. The molecule has 0 bridgehead atoms. The number of hydrogen-bond acceptors (Lipinski definition) is 4. The van der Waals surface area contributed by atoms with E-state index in [2.05, 4.69) is 0 Å². The quantitative estimate of drug-likeness (QED) is 0.807. The zero-order valence-electron chi connectivity index (χ0n) is 15.2. The molecule has 1 aliphatic carbocycles. The lowest BCUT2D eigenvalue weighted by Crippen LogP contribution is -2.30. The van der Waals surface area contributed by atoms with Gasteiger partial charge in [-0.25, -0.2) is 13.6 Å². The normalized spacial score (nSPS) is 25.3. The molecule has 9 heteroatoms. The molecule has 4 rings (SSSR count). The summed E-state index contributed by atoms with van der Waals surface area (Å²) in [6.45, 7) is 2.97. The number of halogens is 3. The molecule has 3 N–H and O–H groups in total. The number of fused-ring (bicyclic) bond motifs is 1. The summed E-state index contributed by atoms with van der Waals surface area (Å²) in [6, 6.07) is 0.339. The Labute approximate surface area is 164 Å². The average molecular weight is 412 g/mol. The maximum atomic E-state index is 15.0. The molecular formula is C19H20ClF2N3O3. The summed E-state index contributed by atoms with van der Waals surface area (Å²) in [4.78, 5) is 25.8. The largest absolute Gasteiger partial charge is 0.477 e. The minimum absolute atomic E-state index is 0.00605. The van der Waals surface area contributed by atoms with Gasteiger partial charge in [-0.1, -0.05) is 11.6 Å². The SMILES string of the molecule is CC(N)C1CCN(c2c(F)cc3c(=O)c(C(=O)O)cn(C4CC4F)c3c2Cl)C1. The molecule has 0 amide bonds. The molecule has 28 heavy (non-hydrogen) atoms. The third kappa shape index (κ3) is 2.95. The topological polar surface area (TPSA) is 88.6 Å². The fourth-order valence-electron chi connectivity index (χ4n) is 3.99. The van der Waals surface area contributed by atoms with Crippen molar-refractivity contribution in [2.45, 2.75) is 38.0 Å². The number of pyridine rings is 1. The number of carbonyl (C=O) groups is 1. The summed E-state index contributed by atoms with van der Waals surface area (Å²) >= 11 is 6.54. The number of carboxylic acids is 1. The maximum absolute atomic E-state index is 15.0. The van der Waals surface area contributed by atoms with Crippen LogP contribution in [0.15, 0.2) is 17.1 Å². The van der Waals surface area contributed by atoms with Gasteiger partial charge in [0.05, 0.1) is 27.7 Å². The molecule has 0 radical (unpaired) electrons. The minimum atomic E-state index is -1.45. The highest BCUT2D eigenvalue weighted by Gasteiger charge is 2.41. The van der Waals surface area contributed by atoms with Crippen molar-refractivity contribution in [3.63, 3.8) is 0 Å². The van der Waals surface area contributed by atoms with Crippen LogP contribution in [0.1, 0.15) is 36.2 Å². The number of aromatic carboxylic acids is 1. The zero-order valence-corrected chi connectivity index (χ0v) is 15.9. The van der Waals surface area contributed by atoms with Crippen LogP contribution in [0.5, 0.6) is 0 Å². The van der Waals surface area contributed by atoms with Crippen LogP contribution in [-0.2, 0) is 0 Å². The van der Waals surface area contributed by atoms with Crippen LogP contribution in [0.3, 0.4) is 0 Å². The number of rotatable bonds is 4. The Kier molecular flexibility index (Phi) is 4.58. The van der Waals surface area contributed by atoms with Gasteiger partial charge in [-0.3, -0.25) is 4.79 Å². The molecule has 2 aromatic rings. The van der Waals surface area contributed by atoms with Gasteiger partial charge in [0.1, 0.15) is 17.6 Å². The van der Waals surface area contributed by atoms with E-state index in [1.54, 1.807) is 4.90 Å². The Morgan fingerprint density at radius 2 is 2.14 bits per heavy atom. The molecule has 1 saturated carbocycles. The second kappa shape index (κ2) is 6.70. The third-order valence-electron chi connectivity index (χ3n) is 5.74. The van der Waals surface area contributed by atoms with E-state index >= 15 is 0 Å². The van der Waals surface area contributed by atoms with Crippen molar-refractivity contribution in [3.8, 4) is 0 Å². The lowest BCUT2D eigenvalue weighted by atomic mass is 10.0. The van der Waals surface area contributed by atoms with Gasteiger partial charge in [-0.2, -0.15) is 0 Å². The van der Waals surface area contributed by atoms with Gasteiger partial charge in [0.25, 0.3) is 0 Å². The number of anilines is 1. The molecule has 1 aliphatic heterocycles. The Bertz CT molecular complexity index is 1040. The smallest absolute Gasteiger partial charge is 0.341 e. The van der Waals surface area contributed by atoms with Gasteiger partial charge in [-0.15, -0.1) is 0 Å². The molecule has 1 saturated heterocycles. The second-order valence-electron chi connectivity index (χ2n) is 7.67. The van der Waals surface area contributed by atoms with Crippen molar-refractivity contribution in [3.05, 3.63) is 38.9 Å². The summed E-state index contributed by atoms with van der Waals surface area (Å²) in [5.74, 6) is -1.97. The van der Waals surface area contributed by atoms with Gasteiger partial charge in [0.15, 0.2) is 0 Å². The van der Waals surface area contributed by atoms with E-state index < -0.39 is 35.0 Å². The minimum Gasteiger partial charge on any atom is -0.477 e. The predicted octanol–water partition coefficient (Wildman–Crippen LogP) is 2.95. The van der Waals surface area contributed by atoms with Gasteiger partial charge >= 0.3 is 5.97 Å². The number of nitrogens with zero attached hydrogens (tertiary/aromatic N) is 2. The van der Waals surface area contributed by atoms with Crippen LogP contribution >= 0.6 is 11.6 Å². The number of benzene rings is 1. The predicted molar refractivity (Wildman–Crippen MR) is 103 cm³/mol. The molecule has 1 aromatic carbocycles. The fraction of sp³-hybridized carbons (Fsp3) is 0.474. The van der Waals surface area contributed by atoms with Crippen LogP contribution in [0.25, 0.3) is 10.9 Å². The summed E-state index contributed by atoms with van der Waals surface area (Å²) in [7, 11) is 0. The van der Waals surface area contributed by atoms with Gasteiger partial charge in [0.2, 0.25) is 5.43 Å². The van der Waals surface area contributed by atoms with Crippen molar-refractivity contribution < 1.29 is 18.7 Å². The number of hydrogen-bond donors (Lipinski definition) is 2. The number of nitrogens with two attached hydrogens (primary N) is 1. The van der Waals surface area contributed by atoms with E-state index in [0.29, 0.717) is 13.1 Å². The van der Waals surface area contributed by atoms with Gasteiger partial charge < -0.3 is 20.3 Å². The fourth-order valence-corrected chi connectivity index (χ4v) is 4.40. The molecule has 2 fully saturated rings. The van der Waals surface area contributed by atoms with E-state index in [4.69, 9.17) is 17.3 Å². The van der Waals surface area contributed by atoms with E-state index in [9.17, 15) is 23.5 Å². The van der Waals surface area contributed by atoms with Crippen LogP contribution in [0.4, 0.5) is 14.5 Å². The van der Waals surface area contributed by atoms with E-state index in [1.807, 2.05) is 6.92 Å². The Hall–Kier alpha value is -2.19. The van der Waals surface area contributed by atoms with E-state index in [0.717, 1.165) is 18.7 Å². The highest BCUT2D eigenvalue weighted by molar-refractivity contribution is 6.38. The van der Waals surface area contributed by atoms with Crippen molar-refractivity contribution in [1.29, 1.82) is 0 Å². The molecule has 150 valence electrons. The maximum Gasteiger partial charge on any atom is 0.341 e. The zero-order chi connectivity index (χ0) is 20.3. The molecule has 4 atom stereocenters. The first-order chi connectivity index (χ1) is 13.2. The molecule has 2 aliphatic rings. The number of aromatic nitrogens is 1. The van der Waals surface area contributed by atoms with Gasteiger partial charge in [-0.05, 0) is 25.3 Å². The lowest BCUT2D eigenvalue weighted by Gasteiger charge is -2.24. The summed E-state index contributed by atoms with van der Waals surface area (Å²) < 4.78 is 30.1. The van der Waals surface area contributed by atoms with Gasteiger partial charge in [0, 0.05) is 31.7 Å². The molecule has 0 spiro atoms.